The molecule has 3 aromatic rings. The van der Waals surface area contributed by atoms with Gasteiger partial charge < -0.3 is 4.57 Å². The molecule has 114 valence electrons. The maximum Gasteiger partial charge on any atom is 0.282 e. The van der Waals surface area contributed by atoms with E-state index in [2.05, 4.69) is 4.99 Å². The van der Waals surface area contributed by atoms with E-state index >= 15 is 0 Å². The van der Waals surface area contributed by atoms with E-state index in [1.54, 1.807) is 23.7 Å². The molecule has 3 nitrogen and oxygen atoms in total. The highest BCUT2D eigenvalue weighted by molar-refractivity contribution is 7.20. The Hall–Kier alpha value is -0.560. The fraction of sp³-hybridized carbons (Fsp3) is 0.0769. The van der Waals surface area contributed by atoms with Gasteiger partial charge in [-0.3, -0.25) is 4.79 Å². The number of nitrogens with zero attached hydrogens (tertiary/aromatic N) is 2. The highest BCUT2D eigenvalue weighted by Gasteiger charge is 2.15. The van der Waals surface area contributed by atoms with Crippen molar-refractivity contribution in [3.8, 4) is 0 Å². The maximum atomic E-state index is 12.3. The van der Waals surface area contributed by atoms with Gasteiger partial charge in [-0.15, -0.1) is 11.3 Å². The van der Waals surface area contributed by atoms with Gasteiger partial charge in [0.25, 0.3) is 5.91 Å². The zero-order valence-electron chi connectivity index (χ0n) is 10.9. The average Bonchev–Trinajstić information content (AvgIpc) is 2.96. The molecule has 0 saturated carbocycles. The summed E-state index contributed by atoms with van der Waals surface area (Å²) in [5.41, 5.74) is 1.02. The number of thiophene rings is 1. The summed E-state index contributed by atoms with van der Waals surface area (Å²) < 4.78 is 3.26. The fourth-order valence-corrected chi connectivity index (χ4v) is 5.02. The smallest absolute Gasteiger partial charge is 0.282 e. The second-order valence-corrected chi connectivity index (χ2v) is 8.38. The van der Waals surface area contributed by atoms with Crippen molar-refractivity contribution in [3.05, 3.63) is 47.3 Å². The number of halogens is 4. The molecule has 0 fully saturated rings. The van der Waals surface area contributed by atoms with Crippen LogP contribution in [-0.2, 0) is 7.05 Å². The summed E-state index contributed by atoms with van der Waals surface area (Å²) in [5, 5.41) is 1.11. The second-order valence-electron chi connectivity index (χ2n) is 4.31. The van der Waals surface area contributed by atoms with E-state index in [1.165, 1.54) is 17.4 Å². The van der Waals surface area contributed by atoms with Crippen LogP contribution in [0.25, 0.3) is 10.2 Å². The Morgan fingerprint density at radius 1 is 1.14 bits per heavy atom. The number of fused-ring (bicyclic) bond motifs is 1. The zero-order valence-corrected chi connectivity index (χ0v) is 15.5. The monoisotopic (exact) mass is 410 g/mol. The largest absolute Gasteiger partial charge is 0.318 e. The number of aryl methyl sites for hydroxylation is 1. The van der Waals surface area contributed by atoms with Crippen molar-refractivity contribution in [1.82, 2.24) is 4.57 Å². The molecule has 3 rings (SSSR count). The number of amides is 1. The number of benzene rings is 1. The highest BCUT2D eigenvalue weighted by Crippen LogP contribution is 2.33. The standard InChI is InChI=1S/C13H6Cl4N2OS2/c1-19-9-6(14)2-3-7(15)10(9)22-13(19)18-12(20)5-4-8(16)21-11(5)17/h2-4H,1H3. The molecular formula is C13H6Cl4N2OS2. The van der Waals surface area contributed by atoms with Crippen molar-refractivity contribution in [2.75, 3.05) is 0 Å². The van der Waals surface area contributed by atoms with Crippen molar-refractivity contribution in [2.45, 2.75) is 0 Å². The van der Waals surface area contributed by atoms with E-state index in [4.69, 9.17) is 46.4 Å². The highest BCUT2D eigenvalue weighted by atomic mass is 35.5. The van der Waals surface area contributed by atoms with E-state index in [9.17, 15) is 4.79 Å². The van der Waals surface area contributed by atoms with Crippen molar-refractivity contribution >= 4 is 85.2 Å². The van der Waals surface area contributed by atoms with Crippen LogP contribution in [0.4, 0.5) is 0 Å². The van der Waals surface area contributed by atoms with Gasteiger partial charge in [-0.25, -0.2) is 0 Å². The van der Waals surface area contributed by atoms with Gasteiger partial charge >= 0.3 is 0 Å². The van der Waals surface area contributed by atoms with E-state index in [0.29, 0.717) is 23.5 Å². The van der Waals surface area contributed by atoms with Crippen LogP contribution in [0.15, 0.2) is 23.2 Å². The SMILES string of the molecule is Cn1c(=NC(=O)c2cc(Cl)sc2Cl)sc2c(Cl)ccc(Cl)c21. The van der Waals surface area contributed by atoms with Gasteiger partial charge in [0, 0.05) is 7.05 Å². The zero-order chi connectivity index (χ0) is 16.0. The van der Waals surface area contributed by atoms with Crippen LogP contribution in [0.1, 0.15) is 10.4 Å². The van der Waals surface area contributed by atoms with Crippen LogP contribution in [0.5, 0.6) is 0 Å². The normalized spacial score (nSPS) is 12.3. The first kappa shape index (κ1) is 16.3. The molecular weight excluding hydrogens is 406 g/mol. The third-order valence-electron chi connectivity index (χ3n) is 2.93. The molecule has 1 amide bonds. The second kappa shape index (κ2) is 6.15. The predicted molar refractivity (Wildman–Crippen MR) is 95.0 cm³/mol. The Labute approximate surface area is 153 Å². The Kier molecular flexibility index (Phi) is 4.56. The molecule has 0 spiro atoms. The van der Waals surface area contributed by atoms with E-state index in [0.717, 1.165) is 21.6 Å². The summed E-state index contributed by atoms with van der Waals surface area (Å²) in [6.45, 7) is 0. The summed E-state index contributed by atoms with van der Waals surface area (Å²) in [6, 6.07) is 4.93. The summed E-state index contributed by atoms with van der Waals surface area (Å²) >= 11 is 26.6. The van der Waals surface area contributed by atoms with Gasteiger partial charge in [-0.05, 0) is 18.2 Å². The first-order valence-corrected chi connectivity index (χ1v) is 9.00. The summed E-state index contributed by atoms with van der Waals surface area (Å²) in [7, 11) is 1.77. The van der Waals surface area contributed by atoms with Crippen LogP contribution in [0.2, 0.25) is 18.7 Å². The lowest BCUT2D eigenvalue weighted by Gasteiger charge is -1.99. The molecule has 0 radical (unpaired) electrons. The number of aromatic nitrogens is 1. The quantitative estimate of drug-likeness (QED) is 0.508. The first-order chi connectivity index (χ1) is 10.4. The number of thiazole rings is 1. The third-order valence-corrected chi connectivity index (χ3v) is 6.32. The van der Waals surface area contributed by atoms with Gasteiger partial charge in [-0.2, -0.15) is 4.99 Å². The topological polar surface area (TPSA) is 34.4 Å². The Balaban J connectivity index is 2.20. The molecule has 0 unspecified atom stereocenters. The number of rotatable bonds is 1. The molecule has 22 heavy (non-hydrogen) atoms. The van der Waals surface area contributed by atoms with Gasteiger partial charge in [0.1, 0.15) is 4.34 Å². The predicted octanol–water partition coefficient (Wildman–Crippen LogP) is 5.66. The molecule has 2 heterocycles. The molecule has 0 aliphatic carbocycles. The Bertz CT molecular complexity index is 970. The van der Waals surface area contributed by atoms with E-state index < -0.39 is 5.91 Å². The van der Waals surface area contributed by atoms with Gasteiger partial charge in [-0.1, -0.05) is 57.7 Å². The van der Waals surface area contributed by atoms with Crippen molar-refractivity contribution in [1.29, 1.82) is 0 Å². The molecule has 0 aliphatic rings. The molecule has 0 atom stereocenters. The van der Waals surface area contributed by atoms with Crippen LogP contribution in [0, 0.1) is 0 Å². The minimum absolute atomic E-state index is 0.284. The molecule has 1 aromatic carbocycles. The number of carbonyl (C=O) groups excluding carboxylic acids is 1. The number of hydrogen-bond acceptors (Lipinski definition) is 3. The molecule has 9 heteroatoms. The Morgan fingerprint density at radius 2 is 1.82 bits per heavy atom. The van der Waals surface area contributed by atoms with E-state index in [1.807, 2.05) is 0 Å². The lowest BCUT2D eigenvalue weighted by molar-refractivity contribution is 0.0998. The minimum Gasteiger partial charge on any atom is -0.318 e. The number of hydrogen-bond donors (Lipinski definition) is 0. The lowest BCUT2D eigenvalue weighted by atomic mass is 10.3. The van der Waals surface area contributed by atoms with Crippen LogP contribution in [0.3, 0.4) is 0 Å². The van der Waals surface area contributed by atoms with E-state index in [-0.39, 0.29) is 5.56 Å². The number of carbonyl (C=O) groups is 1. The van der Waals surface area contributed by atoms with Gasteiger partial charge in [0.15, 0.2) is 4.80 Å². The molecule has 0 N–H and O–H groups in total. The van der Waals surface area contributed by atoms with Crippen molar-refractivity contribution < 1.29 is 4.79 Å². The lowest BCUT2D eigenvalue weighted by Crippen LogP contribution is -2.13. The van der Waals surface area contributed by atoms with Gasteiger partial charge in [0.2, 0.25) is 0 Å². The first-order valence-electron chi connectivity index (χ1n) is 5.86. The third kappa shape index (κ3) is 2.82. The summed E-state index contributed by atoms with van der Waals surface area (Å²) in [6.07, 6.45) is 0. The average molecular weight is 412 g/mol. The molecule has 0 saturated heterocycles. The van der Waals surface area contributed by atoms with Crippen molar-refractivity contribution in [2.24, 2.45) is 12.0 Å². The Morgan fingerprint density at radius 3 is 2.41 bits per heavy atom. The van der Waals surface area contributed by atoms with Crippen LogP contribution in [-0.4, -0.2) is 10.5 Å². The molecule has 0 aliphatic heterocycles. The fourth-order valence-electron chi connectivity index (χ4n) is 1.92. The molecule has 2 aromatic heterocycles. The summed E-state index contributed by atoms with van der Waals surface area (Å²) in [5.74, 6) is -0.456. The van der Waals surface area contributed by atoms with Crippen LogP contribution < -0.4 is 4.80 Å². The van der Waals surface area contributed by atoms with Gasteiger partial charge in [0.05, 0.1) is 30.2 Å². The summed E-state index contributed by atoms with van der Waals surface area (Å²) in [4.78, 5) is 16.9. The van der Waals surface area contributed by atoms with Crippen molar-refractivity contribution in [3.63, 3.8) is 0 Å². The van der Waals surface area contributed by atoms with Crippen LogP contribution >= 0.6 is 69.1 Å². The minimum atomic E-state index is -0.456. The maximum absolute atomic E-state index is 12.3. The molecule has 0 bridgehead atoms.